The van der Waals surface area contributed by atoms with Gasteiger partial charge < -0.3 is 4.90 Å². The summed E-state index contributed by atoms with van der Waals surface area (Å²) in [6.45, 7) is 3.51. The molecule has 1 atom stereocenters. The molecule has 0 N–H and O–H groups in total. The van der Waals surface area contributed by atoms with Gasteiger partial charge in [-0.2, -0.15) is 13.1 Å². The van der Waals surface area contributed by atoms with Gasteiger partial charge >= 0.3 is 0 Å². The summed E-state index contributed by atoms with van der Waals surface area (Å²) >= 11 is 0.990. The molecule has 0 saturated carbocycles. The van der Waals surface area contributed by atoms with E-state index < -0.39 is 16.1 Å². The number of rotatable bonds is 8. The van der Waals surface area contributed by atoms with Crippen LogP contribution in [0.3, 0.4) is 0 Å². The van der Waals surface area contributed by atoms with Gasteiger partial charge in [0.2, 0.25) is 15.9 Å². The van der Waals surface area contributed by atoms with Gasteiger partial charge in [0.25, 0.3) is 0 Å². The van der Waals surface area contributed by atoms with Gasteiger partial charge in [-0.1, -0.05) is 49.7 Å². The number of sulfonamides is 1. The second-order valence-corrected chi connectivity index (χ2v) is 10.1. The topological polar surface area (TPSA) is 83.5 Å². The van der Waals surface area contributed by atoms with E-state index in [0.29, 0.717) is 43.5 Å². The molecule has 1 saturated heterocycles. The lowest BCUT2D eigenvalue weighted by Crippen LogP contribution is -2.47. The minimum absolute atomic E-state index is 0.123. The lowest BCUT2D eigenvalue weighted by molar-refractivity contribution is -0.135. The zero-order valence-corrected chi connectivity index (χ0v) is 19.1. The summed E-state index contributed by atoms with van der Waals surface area (Å²) in [4.78, 5) is 15.5. The van der Waals surface area contributed by atoms with E-state index in [1.54, 1.807) is 18.2 Å². The van der Waals surface area contributed by atoms with Gasteiger partial charge in [-0.3, -0.25) is 4.79 Å². The summed E-state index contributed by atoms with van der Waals surface area (Å²) in [5.41, 5.74) is 1.97. The van der Waals surface area contributed by atoms with Crippen LogP contribution in [0.4, 0.5) is 0 Å². The van der Waals surface area contributed by atoms with Crippen molar-refractivity contribution in [3.05, 3.63) is 54.1 Å². The highest BCUT2D eigenvalue weighted by atomic mass is 32.2. The predicted octanol–water partition coefficient (Wildman–Crippen LogP) is 3.67. The predicted molar refractivity (Wildman–Crippen MR) is 121 cm³/mol. The monoisotopic (exact) mass is 458 g/mol. The Bertz CT molecular complexity index is 1150. The number of benzene rings is 2. The van der Waals surface area contributed by atoms with Crippen LogP contribution in [-0.4, -0.2) is 51.4 Å². The molecule has 0 aliphatic carbocycles. The second kappa shape index (κ2) is 9.42. The molecule has 0 radical (unpaired) electrons. The van der Waals surface area contributed by atoms with Gasteiger partial charge in [0.05, 0.1) is 11.7 Å². The van der Waals surface area contributed by atoms with Crippen molar-refractivity contribution in [2.24, 2.45) is 0 Å². The Morgan fingerprint density at radius 3 is 2.74 bits per heavy atom. The largest absolute Gasteiger partial charge is 0.337 e. The zero-order chi connectivity index (χ0) is 21.8. The van der Waals surface area contributed by atoms with E-state index >= 15 is 0 Å². The molecule has 7 nitrogen and oxygen atoms in total. The Morgan fingerprint density at radius 1 is 1.16 bits per heavy atom. The number of amides is 1. The molecule has 4 rings (SSSR count). The highest BCUT2D eigenvalue weighted by molar-refractivity contribution is 7.89. The molecular formula is C22H26N4O3S2. The summed E-state index contributed by atoms with van der Waals surface area (Å²) < 4.78 is 36.8. The average molecular weight is 459 g/mol. The van der Waals surface area contributed by atoms with Crippen LogP contribution in [0.5, 0.6) is 0 Å². The molecule has 1 fully saturated rings. The minimum Gasteiger partial charge on any atom is -0.337 e. The molecule has 2 aromatic carbocycles. The molecule has 2 heterocycles. The molecule has 1 unspecified atom stereocenters. The van der Waals surface area contributed by atoms with Gasteiger partial charge in [-0.05, 0) is 37.0 Å². The molecular weight excluding hydrogens is 432 g/mol. The molecule has 1 aromatic heterocycles. The van der Waals surface area contributed by atoms with Crippen molar-refractivity contribution in [2.75, 3.05) is 13.1 Å². The van der Waals surface area contributed by atoms with Gasteiger partial charge in [0.1, 0.15) is 22.0 Å². The highest BCUT2D eigenvalue weighted by Crippen LogP contribution is 2.31. The SMILES string of the molecule is CCCCN(Cc1ccccc1)C(=O)C1CCCN1S(=O)(=O)c1cccc2nsnc12. The maximum absolute atomic E-state index is 13.6. The maximum Gasteiger partial charge on any atom is 0.246 e. The van der Waals surface area contributed by atoms with Crippen molar-refractivity contribution >= 4 is 38.7 Å². The summed E-state index contributed by atoms with van der Waals surface area (Å²) in [5, 5.41) is 0. The van der Waals surface area contributed by atoms with E-state index in [9.17, 15) is 13.2 Å². The third-order valence-electron chi connectivity index (χ3n) is 5.63. The van der Waals surface area contributed by atoms with Gasteiger partial charge in [-0.15, -0.1) is 0 Å². The first-order valence-electron chi connectivity index (χ1n) is 10.6. The number of unbranched alkanes of at least 4 members (excludes halogenated alkanes) is 1. The van der Waals surface area contributed by atoms with Crippen LogP contribution < -0.4 is 0 Å². The van der Waals surface area contributed by atoms with E-state index in [1.165, 1.54) is 4.31 Å². The van der Waals surface area contributed by atoms with Crippen LogP contribution in [-0.2, 0) is 21.4 Å². The summed E-state index contributed by atoms with van der Waals surface area (Å²) in [5.74, 6) is -0.123. The maximum atomic E-state index is 13.6. The molecule has 9 heteroatoms. The molecule has 0 bridgehead atoms. The molecule has 164 valence electrons. The van der Waals surface area contributed by atoms with Crippen LogP contribution in [0.2, 0.25) is 0 Å². The van der Waals surface area contributed by atoms with Crippen LogP contribution in [0.15, 0.2) is 53.4 Å². The van der Waals surface area contributed by atoms with Crippen molar-refractivity contribution in [1.29, 1.82) is 0 Å². The lowest BCUT2D eigenvalue weighted by atomic mass is 10.1. The van der Waals surface area contributed by atoms with E-state index in [4.69, 9.17) is 0 Å². The van der Waals surface area contributed by atoms with E-state index in [-0.39, 0.29) is 10.8 Å². The van der Waals surface area contributed by atoms with E-state index in [1.807, 2.05) is 35.2 Å². The van der Waals surface area contributed by atoms with Gasteiger partial charge in [0.15, 0.2) is 0 Å². The van der Waals surface area contributed by atoms with E-state index in [2.05, 4.69) is 15.7 Å². The number of carbonyl (C=O) groups is 1. The van der Waals surface area contributed by atoms with Crippen LogP contribution in [0.25, 0.3) is 11.0 Å². The lowest BCUT2D eigenvalue weighted by Gasteiger charge is -2.30. The standard InChI is InChI=1S/C22H26N4O3S2/c1-2-3-14-25(16-17-9-5-4-6-10-17)22(27)19-12-8-15-26(19)31(28,29)20-13-7-11-18-21(20)24-30-23-18/h4-7,9-11,13,19H,2-3,8,12,14-16H2,1H3. The molecule has 31 heavy (non-hydrogen) atoms. The van der Waals surface area contributed by atoms with Crippen molar-refractivity contribution in [3.8, 4) is 0 Å². The molecule has 1 aliphatic heterocycles. The van der Waals surface area contributed by atoms with Crippen LogP contribution in [0.1, 0.15) is 38.2 Å². The Hall–Kier alpha value is -2.36. The molecule has 3 aromatic rings. The van der Waals surface area contributed by atoms with Gasteiger partial charge in [-0.25, -0.2) is 8.42 Å². The minimum atomic E-state index is -3.87. The first-order valence-corrected chi connectivity index (χ1v) is 12.7. The molecule has 0 spiro atoms. The second-order valence-electron chi connectivity index (χ2n) is 7.76. The number of hydrogen-bond donors (Lipinski definition) is 0. The number of carbonyl (C=O) groups excluding carboxylic acids is 1. The Balaban J connectivity index is 1.62. The summed E-state index contributed by atoms with van der Waals surface area (Å²) in [7, 11) is -3.87. The number of fused-ring (bicyclic) bond motifs is 1. The third kappa shape index (κ3) is 4.49. The normalized spacial score (nSPS) is 17.3. The first-order chi connectivity index (χ1) is 15.0. The fourth-order valence-corrected chi connectivity index (χ4v) is 6.43. The van der Waals surface area contributed by atoms with Crippen molar-refractivity contribution in [2.45, 2.75) is 50.1 Å². The quantitative estimate of drug-likeness (QED) is 0.514. The van der Waals surface area contributed by atoms with Crippen molar-refractivity contribution < 1.29 is 13.2 Å². The smallest absolute Gasteiger partial charge is 0.246 e. The Labute approximate surface area is 187 Å². The highest BCUT2D eigenvalue weighted by Gasteiger charge is 2.42. The van der Waals surface area contributed by atoms with Gasteiger partial charge in [0, 0.05) is 19.6 Å². The fraction of sp³-hybridized carbons (Fsp3) is 0.409. The first kappa shape index (κ1) is 21.9. The number of aromatic nitrogens is 2. The zero-order valence-electron chi connectivity index (χ0n) is 17.5. The number of nitrogens with zero attached hydrogens (tertiary/aromatic N) is 4. The Kier molecular flexibility index (Phi) is 6.64. The van der Waals surface area contributed by atoms with Crippen molar-refractivity contribution in [1.82, 2.24) is 18.0 Å². The fourth-order valence-electron chi connectivity index (χ4n) is 4.02. The number of hydrogen-bond acceptors (Lipinski definition) is 6. The van der Waals surface area contributed by atoms with Crippen molar-refractivity contribution in [3.63, 3.8) is 0 Å². The van der Waals surface area contributed by atoms with Crippen LogP contribution in [0, 0.1) is 0 Å². The Morgan fingerprint density at radius 2 is 1.97 bits per heavy atom. The third-order valence-corrected chi connectivity index (χ3v) is 8.12. The van der Waals surface area contributed by atoms with E-state index in [0.717, 1.165) is 30.1 Å². The van der Waals surface area contributed by atoms with Crippen LogP contribution >= 0.6 is 11.7 Å². The summed E-state index contributed by atoms with van der Waals surface area (Å²) in [6.07, 6.45) is 3.03. The molecule has 1 aliphatic rings. The molecule has 1 amide bonds. The summed E-state index contributed by atoms with van der Waals surface area (Å²) in [6, 6.07) is 14.1. The average Bonchev–Trinajstić information content (AvgIpc) is 3.46.